The van der Waals surface area contributed by atoms with E-state index in [0.717, 1.165) is 71.4 Å². The maximum atomic E-state index is 10.3. The number of nitrogens with zero attached hydrogens (tertiary/aromatic N) is 1. The number of ether oxygens (including phenoxy) is 4. The van der Waals surface area contributed by atoms with Crippen molar-refractivity contribution in [3.63, 3.8) is 0 Å². The zero-order valence-corrected chi connectivity index (χ0v) is 20.8. The Morgan fingerprint density at radius 3 is 1.71 bits per heavy atom. The van der Waals surface area contributed by atoms with Gasteiger partial charge >= 0.3 is 0 Å². The first-order valence-electron chi connectivity index (χ1n) is 10.4. The topological polar surface area (TPSA) is 93.7 Å². The van der Waals surface area contributed by atoms with Gasteiger partial charge in [-0.1, -0.05) is 23.4 Å². The van der Waals surface area contributed by atoms with Crippen molar-refractivity contribution in [2.24, 2.45) is 0 Å². The first-order valence-corrected chi connectivity index (χ1v) is 14.8. The van der Waals surface area contributed by atoms with Crippen LogP contribution >= 0.6 is 17.9 Å². The summed E-state index contributed by atoms with van der Waals surface area (Å²) in [7, 11) is 1.61. The van der Waals surface area contributed by atoms with Gasteiger partial charge in [0.25, 0.3) is 5.69 Å². The molecule has 1 aromatic rings. The zero-order chi connectivity index (χ0) is 22.2. The van der Waals surface area contributed by atoms with Crippen molar-refractivity contribution in [3.8, 4) is 11.5 Å². The summed E-state index contributed by atoms with van der Waals surface area (Å²) in [5.74, 6) is 1.34. The molecular formula is C19H36N3O6PS2. The fourth-order valence-electron chi connectivity index (χ4n) is 2.64. The summed E-state index contributed by atoms with van der Waals surface area (Å²) < 4.78 is 28.0. The van der Waals surface area contributed by atoms with Gasteiger partial charge in [0.2, 0.25) is 0 Å². The Bertz CT molecular complexity index is 601. The van der Waals surface area contributed by atoms with E-state index in [2.05, 4.69) is 27.2 Å². The van der Waals surface area contributed by atoms with Crippen LogP contribution in [0.2, 0.25) is 0 Å². The summed E-state index contributed by atoms with van der Waals surface area (Å²) >= 11 is 4.99. The number of methoxy groups -OCH3 is 1. The van der Waals surface area contributed by atoms with Crippen LogP contribution in [0.15, 0.2) is 24.3 Å². The standard InChI is InChI=1S/C11H18NO4PS2.2C4H9NO/c1-14-10-2-4-11(5-3-10)16-17(13,18)19-12-6-8-15-9-7-12;2*1-3-6-4-2-5-1/h2-5,13,18-19H,6-9H2,1H3;2*5H,1-4H2. The molecule has 3 heterocycles. The van der Waals surface area contributed by atoms with Crippen molar-refractivity contribution in [2.75, 3.05) is 86.0 Å². The zero-order valence-electron chi connectivity index (χ0n) is 18.1. The Morgan fingerprint density at radius 2 is 1.32 bits per heavy atom. The summed E-state index contributed by atoms with van der Waals surface area (Å²) in [6, 6.07) is 7.09. The van der Waals surface area contributed by atoms with E-state index in [4.69, 9.17) is 23.5 Å². The number of hydrogen-bond acceptors (Lipinski definition) is 7. The second-order valence-corrected chi connectivity index (χ2v) is 13.4. The lowest BCUT2D eigenvalue weighted by Gasteiger charge is -2.26. The molecule has 3 aliphatic rings. The minimum atomic E-state index is -2.76. The predicted molar refractivity (Wildman–Crippen MR) is 130 cm³/mol. The molecule has 0 spiro atoms. The van der Waals surface area contributed by atoms with Gasteiger partial charge < -0.3 is 39.0 Å². The molecule has 3 fully saturated rings. The highest BCUT2D eigenvalue weighted by molar-refractivity contribution is 8.62. The Hall–Kier alpha value is -0.330. The van der Waals surface area contributed by atoms with Crippen molar-refractivity contribution < 1.29 is 28.4 Å². The average molecular weight is 498 g/mol. The first-order chi connectivity index (χ1) is 15.1. The molecule has 1 atom stereocenters. The molecule has 1 unspecified atom stereocenters. The van der Waals surface area contributed by atoms with E-state index in [9.17, 15) is 4.89 Å². The lowest BCUT2D eigenvalue weighted by Crippen LogP contribution is -2.33. The molecule has 3 saturated heterocycles. The molecule has 12 heteroatoms. The third-order valence-electron chi connectivity index (χ3n) is 4.21. The highest BCUT2D eigenvalue weighted by Gasteiger charge is 2.15. The highest BCUT2D eigenvalue weighted by Crippen LogP contribution is 2.50. The fourth-order valence-corrected chi connectivity index (χ4v) is 6.97. The summed E-state index contributed by atoms with van der Waals surface area (Å²) in [6.45, 7) is 10.6. The van der Waals surface area contributed by atoms with Gasteiger partial charge in [-0.2, -0.15) is 0 Å². The molecule has 4 rings (SSSR count). The summed E-state index contributed by atoms with van der Waals surface area (Å²) in [6.07, 6.45) is 0. The number of morpholine rings is 3. The summed E-state index contributed by atoms with van der Waals surface area (Å²) in [5.41, 5.74) is -2.76. The summed E-state index contributed by atoms with van der Waals surface area (Å²) in [4.78, 5) is 10.3. The minimum absolute atomic E-state index is 0.590. The SMILES string of the molecule is C1COCCN1.C1COCCN1.COc1ccc(OP(O)(S)=[SH]N2CCOCC2)cc1. The average Bonchev–Trinajstić information content (AvgIpc) is 2.83. The minimum Gasteiger partial charge on any atom is -0.497 e. The molecule has 0 bridgehead atoms. The smallest absolute Gasteiger partial charge is 0.261 e. The van der Waals surface area contributed by atoms with E-state index in [-0.39, 0.29) is 0 Å². The monoisotopic (exact) mass is 497 g/mol. The Kier molecular flexibility index (Phi) is 14.2. The van der Waals surface area contributed by atoms with E-state index >= 15 is 0 Å². The van der Waals surface area contributed by atoms with Crippen molar-refractivity contribution >= 4 is 29.1 Å². The van der Waals surface area contributed by atoms with Gasteiger partial charge in [-0.05, 0) is 24.3 Å². The summed E-state index contributed by atoms with van der Waals surface area (Å²) in [5, 5.41) is 6.32. The molecule has 0 radical (unpaired) electrons. The van der Waals surface area contributed by atoms with E-state index in [1.165, 1.54) is 0 Å². The van der Waals surface area contributed by atoms with Gasteiger partial charge in [0.1, 0.15) is 11.5 Å². The van der Waals surface area contributed by atoms with Crippen LogP contribution in [-0.2, 0) is 25.3 Å². The Balaban J connectivity index is 0.000000229. The van der Waals surface area contributed by atoms with Gasteiger partial charge in [0.15, 0.2) is 0 Å². The second kappa shape index (κ2) is 16.3. The van der Waals surface area contributed by atoms with Crippen LogP contribution in [0.3, 0.4) is 0 Å². The van der Waals surface area contributed by atoms with Crippen LogP contribution in [0.1, 0.15) is 0 Å². The normalized spacial score (nSPS) is 21.4. The van der Waals surface area contributed by atoms with Gasteiger partial charge in [0, 0.05) is 39.3 Å². The van der Waals surface area contributed by atoms with Crippen molar-refractivity contribution in [2.45, 2.75) is 0 Å². The number of rotatable bonds is 4. The lowest BCUT2D eigenvalue weighted by atomic mass is 10.3. The van der Waals surface area contributed by atoms with E-state index in [0.29, 0.717) is 30.1 Å². The molecular weight excluding hydrogens is 461 g/mol. The van der Waals surface area contributed by atoms with E-state index < -0.39 is 5.69 Å². The van der Waals surface area contributed by atoms with E-state index in [1.54, 1.807) is 31.4 Å². The van der Waals surface area contributed by atoms with Crippen LogP contribution < -0.4 is 19.9 Å². The third-order valence-corrected chi connectivity index (χ3v) is 8.22. The third kappa shape index (κ3) is 13.1. The molecule has 3 aliphatic heterocycles. The van der Waals surface area contributed by atoms with Gasteiger partial charge in [-0.15, -0.1) is 0 Å². The first kappa shape index (κ1) is 26.9. The van der Waals surface area contributed by atoms with Crippen LogP contribution in [0.25, 0.3) is 0 Å². The molecule has 1 aromatic carbocycles. The largest absolute Gasteiger partial charge is 0.497 e. The van der Waals surface area contributed by atoms with Crippen LogP contribution in [0, 0.1) is 0 Å². The van der Waals surface area contributed by atoms with Gasteiger partial charge in [0.05, 0.1) is 46.8 Å². The maximum absolute atomic E-state index is 10.3. The lowest BCUT2D eigenvalue weighted by molar-refractivity contribution is 0.0775. The Labute approximate surface area is 194 Å². The van der Waals surface area contributed by atoms with Crippen LogP contribution in [0.4, 0.5) is 0 Å². The number of nitrogens with one attached hydrogen (secondary N) is 2. The Morgan fingerprint density at radius 1 is 0.871 bits per heavy atom. The maximum Gasteiger partial charge on any atom is 0.261 e. The van der Waals surface area contributed by atoms with Crippen molar-refractivity contribution in [1.29, 1.82) is 0 Å². The molecule has 3 N–H and O–H groups in total. The van der Waals surface area contributed by atoms with Crippen molar-refractivity contribution in [3.05, 3.63) is 24.3 Å². The van der Waals surface area contributed by atoms with Crippen molar-refractivity contribution in [1.82, 2.24) is 14.9 Å². The molecule has 9 nitrogen and oxygen atoms in total. The molecule has 0 aromatic heterocycles. The van der Waals surface area contributed by atoms with E-state index in [1.807, 2.05) is 0 Å². The molecule has 31 heavy (non-hydrogen) atoms. The second-order valence-electron chi connectivity index (χ2n) is 6.66. The fraction of sp³-hybridized carbons (Fsp3) is 0.684. The molecule has 180 valence electrons. The molecule has 0 aliphatic carbocycles. The number of thiol groups is 2. The predicted octanol–water partition coefficient (Wildman–Crippen LogP) is 0.948. The highest BCUT2D eigenvalue weighted by atomic mass is 32.9. The number of hydrogen-bond donors (Lipinski definition) is 5. The van der Waals surface area contributed by atoms with Gasteiger partial charge in [-0.25, -0.2) is 4.31 Å². The quantitative estimate of drug-likeness (QED) is 0.308. The van der Waals surface area contributed by atoms with Gasteiger partial charge in [-0.3, -0.25) is 0 Å². The number of benzene rings is 1. The molecule has 0 saturated carbocycles. The van der Waals surface area contributed by atoms with Crippen LogP contribution in [0.5, 0.6) is 11.5 Å². The molecule has 0 amide bonds. The van der Waals surface area contributed by atoms with Crippen LogP contribution in [-0.4, -0.2) is 95.2 Å².